The number of hydrogen-bond acceptors (Lipinski definition) is 6. The third-order valence-corrected chi connectivity index (χ3v) is 11.4. The Hall–Kier alpha value is -3.67. The molecule has 12 heteroatoms. The maximum Gasteiger partial charge on any atom is 0.418 e. The summed E-state index contributed by atoms with van der Waals surface area (Å²) in [4.78, 5) is 23.3. The first kappa shape index (κ1) is 36.6. The molecule has 2 N–H and O–H groups in total. The lowest BCUT2D eigenvalue weighted by molar-refractivity contribution is -0.143. The highest BCUT2D eigenvalue weighted by atomic mass is 32.2. The molecule has 49 heavy (non-hydrogen) atoms. The monoisotopic (exact) mass is 700 g/mol. The zero-order valence-corrected chi connectivity index (χ0v) is 29.0. The number of hydrogen-bond donors (Lipinski definition) is 2. The Balaban J connectivity index is 1.49. The lowest BCUT2D eigenvalue weighted by Crippen LogP contribution is -2.53. The molecule has 1 aromatic carbocycles. The van der Waals surface area contributed by atoms with Gasteiger partial charge >= 0.3 is 12.1 Å². The summed E-state index contributed by atoms with van der Waals surface area (Å²) in [6.07, 6.45) is 9.71. The minimum Gasteiger partial charge on any atom is -0.481 e. The Labute approximate surface area is 287 Å². The standard InChI is InChI=1S/C37H47F3N4O4S/c1-27-16-10-11-18-29(27)34-30(37(38,39)40)21-22-31(41-34)43-49(47,48)33-20-14-19-32(42-33)44-25-13-9-7-5-3-2-4-6-8-12-23-36(44)24-15-17-28(26-36)35(45)46/h10-11,14,16,18-22,28H,2-9,12-13,15,17,23-26H2,1H3,(H,41,43)(H,45,46). The number of aromatic nitrogens is 2. The van der Waals surface area contributed by atoms with E-state index in [0.717, 1.165) is 69.9 Å². The lowest BCUT2D eigenvalue weighted by Gasteiger charge is -2.49. The van der Waals surface area contributed by atoms with Crippen LogP contribution in [0.2, 0.25) is 0 Å². The number of nitrogens with one attached hydrogen (secondary N) is 1. The summed E-state index contributed by atoms with van der Waals surface area (Å²) in [6, 6.07) is 13.1. The van der Waals surface area contributed by atoms with Crippen LogP contribution in [0.25, 0.3) is 11.3 Å². The summed E-state index contributed by atoms with van der Waals surface area (Å²) in [6.45, 7) is 2.29. The van der Waals surface area contributed by atoms with Crippen LogP contribution in [0.4, 0.5) is 24.8 Å². The second-order valence-corrected chi connectivity index (χ2v) is 15.3. The second kappa shape index (κ2) is 15.9. The molecule has 1 saturated carbocycles. The normalized spacial score (nSPS) is 22.0. The number of aliphatic carboxylic acids is 1. The maximum absolute atomic E-state index is 14.0. The van der Waals surface area contributed by atoms with Crippen molar-refractivity contribution in [1.82, 2.24) is 9.97 Å². The lowest BCUT2D eigenvalue weighted by atomic mass is 9.71. The SMILES string of the molecule is Cc1ccccc1-c1nc(NS(=O)(=O)c2cccc(N3CCCCCCCCCCCCC34CCCC(C(=O)O)C4)n2)ccc1C(F)(F)F. The largest absolute Gasteiger partial charge is 0.481 e. The van der Waals surface area contributed by atoms with Crippen LogP contribution in [0.3, 0.4) is 0 Å². The minimum atomic E-state index is -4.70. The number of carbonyl (C=O) groups is 1. The fourth-order valence-corrected chi connectivity index (χ4v) is 8.54. The van der Waals surface area contributed by atoms with Crippen molar-refractivity contribution in [1.29, 1.82) is 0 Å². The first-order chi connectivity index (χ1) is 23.4. The van der Waals surface area contributed by atoms with Gasteiger partial charge in [-0.1, -0.05) is 94.5 Å². The van der Waals surface area contributed by atoms with E-state index in [1.54, 1.807) is 37.3 Å². The molecular weight excluding hydrogens is 653 g/mol. The van der Waals surface area contributed by atoms with Crippen LogP contribution in [0.5, 0.6) is 0 Å². The summed E-state index contributed by atoms with van der Waals surface area (Å²) in [5.41, 5.74) is -1.01. The molecule has 2 aliphatic rings. The summed E-state index contributed by atoms with van der Waals surface area (Å²) in [5.74, 6) is -1.09. The number of sulfonamides is 1. The van der Waals surface area contributed by atoms with E-state index in [-0.39, 0.29) is 22.1 Å². The summed E-state index contributed by atoms with van der Waals surface area (Å²) in [7, 11) is -4.37. The molecule has 1 aliphatic heterocycles. The Morgan fingerprint density at radius 3 is 2.18 bits per heavy atom. The number of rotatable bonds is 6. The van der Waals surface area contributed by atoms with Gasteiger partial charge < -0.3 is 10.0 Å². The van der Waals surface area contributed by atoms with Crippen molar-refractivity contribution < 1.29 is 31.5 Å². The fraction of sp³-hybridized carbons (Fsp3) is 0.541. The topological polar surface area (TPSA) is 112 Å². The Kier molecular flexibility index (Phi) is 11.9. The molecule has 2 unspecified atom stereocenters. The first-order valence-corrected chi connectivity index (χ1v) is 19.0. The van der Waals surface area contributed by atoms with Crippen molar-refractivity contribution >= 4 is 27.6 Å². The highest BCUT2D eigenvalue weighted by molar-refractivity contribution is 7.92. The van der Waals surface area contributed by atoms with Gasteiger partial charge in [-0.3, -0.25) is 9.52 Å². The fourth-order valence-electron chi connectivity index (χ4n) is 7.57. The van der Waals surface area contributed by atoms with Gasteiger partial charge in [-0.2, -0.15) is 21.6 Å². The zero-order chi connectivity index (χ0) is 35.1. The van der Waals surface area contributed by atoms with Gasteiger partial charge in [0.1, 0.15) is 11.6 Å². The van der Waals surface area contributed by atoms with Gasteiger partial charge in [0.2, 0.25) is 0 Å². The van der Waals surface area contributed by atoms with Gasteiger partial charge in [-0.15, -0.1) is 0 Å². The second-order valence-electron chi connectivity index (χ2n) is 13.6. The third kappa shape index (κ3) is 9.12. The molecule has 0 bridgehead atoms. The third-order valence-electron chi connectivity index (χ3n) is 10.1. The minimum absolute atomic E-state index is 0.245. The highest BCUT2D eigenvalue weighted by Crippen LogP contribution is 2.43. The summed E-state index contributed by atoms with van der Waals surface area (Å²) < 4.78 is 71.9. The van der Waals surface area contributed by atoms with E-state index >= 15 is 0 Å². The average molecular weight is 701 g/mol. The van der Waals surface area contributed by atoms with Crippen LogP contribution in [0.15, 0.2) is 59.6 Å². The van der Waals surface area contributed by atoms with E-state index in [0.29, 0.717) is 30.8 Å². The molecule has 8 nitrogen and oxygen atoms in total. The van der Waals surface area contributed by atoms with Crippen molar-refractivity contribution in [2.24, 2.45) is 5.92 Å². The molecule has 1 saturated heterocycles. The molecule has 1 aliphatic carbocycles. The van der Waals surface area contributed by atoms with Crippen molar-refractivity contribution in [2.45, 2.75) is 120 Å². The molecule has 1 spiro atoms. The number of nitrogens with zero attached hydrogens (tertiary/aromatic N) is 3. The van der Waals surface area contributed by atoms with E-state index < -0.39 is 39.2 Å². The number of halogens is 3. The molecule has 3 aromatic rings. The average Bonchev–Trinajstić information content (AvgIpc) is 3.06. The number of aryl methyl sites for hydroxylation is 1. The predicted octanol–water partition coefficient (Wildman–Crippen LogP) is 9.40. The Morgan fingerprint density at radius 2 is 1.51 bits per heavy atom. The van der Waals surface area contributed by atoms with Crippen LogP contribution < -0.4 is 9.62 Å². The number of pyridine rings is 2. The van der Waals surface area contributed by atoms with Gasteiger partial charge in [0.25, 0.3) is 10.0 Å². The molecule has 266 valence electrons. The first-order valence-electron chi connectivity index (χ1n) is 17.5. The van der Waals surface area contributed by atoms with Crippen LogP contribution in [-0.4, -0.2) is 41.5 Å². The number of carboxylic acid groups (broad SMARTS) is 1. The van der Waals surface area contributed by atoms with E-state index in [1.165, 1.54) is 37.8 Å². The van der Waals surface area contributed by atoms with Gasteiger partial charge in [0, 0.05) is 17.6 Å². The number of benzene rings is 1. The van der Waals surface area contributed by atoms with E-state index in [1.807, 2.05) is 0 Å². The van der Waals surface area contributed by atoms with Crippen LogP contribution >= 0.6 is 0 Å². The summed E-state index contributed by atoms with van der Waals surface area (Å²) in [5, 5.41) is 9.77. The van der Waals surface area contributed by atoms with Crippen molar-refractivity contribution in [3.63, 3.8) is 0 Å². The molecule has 2 aromatic heterocycles. The van der Waals surface area contributed by atoms with Crippen molar-refractivity contribution in [2.75, 3.05) is 16.2 Å². The number of anilines is 2. The van der Waals surface area contributed by atoms with Gasteiger partial charge in [0.05, 0.1) is 17.2 Å². The quantitative estimate of drug-likeness (QED) is 0.264. The van der Waals surface area contributed by atoms with Crippen LogP contribution in [0, 0.1) is 12.8 Å². The van der Waals surface area contributed by atoms with Crippen LogP contribution in [0.1, 0.15) is 107 Å². The molecule has 0 amide bonds. The van der Waals surface area contributed by atoms with Gasteiger partial charge in [0.15, 0.2) is 5.03 Å². The van der Waals surface area contributed by atoms with Crippen LogP contribution in [-0.2, 0) is 21.0 Å². The molecule has 3 heterocycles. The smallest absolute Gasteiger partial charge is 0.418 e. The zero-order valence-electron chi connectivity index (χ0n) is 28.1. The highest BCUT2D eigenvalue weighted by Gasteiger charge is 2.43. The van der Waals surface area contributed by atoms with Crippen molar-refractivity contribution in [3.05, 3.63) is 65.7 Å². The molecule has 2 fully saturated rings. The maximum atomic E-state index is 14.0. The van der Waals surface area contributed by atoms with E-state index in [4.69, 9.17) is 0 Å². The van der Waals surface area contributed by atoms with Gasteiger partial charge in [-0.25, -0.2) is 9.97 Å². The number of alkyl halides is 3. The predicted molar refractivity (Wildman–Crippen MR) is 185 cm³/mol. The van der Waals surface area contributed by atoms with Gasteiger partial charge in [-0.05, 0) is 68.9 Å². The Morgan fingerprint density at radius 1 is 0.857 bits per heavy atom. The molecule has 2 atom stereocenters. The van der Waals surface area contributed by atoms with E-state index in [9.17, 15) is 31.5 Å². The summed E-state index contributed by atoms with van der Waals surface area (Å²) >= 11 is 0. The molecule has 5 rings (SSSR count). The molecule has 0 radical (unpaired) electrons. The number of carboxylic acids is 1. The Bertz CT molecular complexity index is 1700. The van der Waals surface area contributed by atoms with E-state index in [2.05, 4.69) is 19.6 Å². The van der Waals surface area contributed by atoms with Crippen molar-refractivity contribution in [3.8, 4) is 11.3 Å². The molecular formula is C37H47F3N4O4S.